The number of hydrogen-bond donors (Lipinski definition) is 3. The van der Waals surface area contributed by atoms with Gasteiger partial charge in [-0.1, -0.05) is 38.0 Å². The van der Waals surface area contributed by atoms with E-state index in [9.17, 15) is 18.8 Å². The Kier molecular flexibility index (Phi) is 8.76. The molecule has 0 radical (unpaired) electrons. The number of ether oxygens (including phenoxy) is 1. The smallest absolute Gasteiger partial charge is 0.412 e. The van der Waals surface area contributed by atoms with E-state index in [1.54, 1.807) is 73.9 Å². The summed E-state index contributed by atoms with van der Waals surface area (Å²) < 4.78 is 21.7. The second-order valence-corrected chi connectivity index (χ2v) is 12.9. The first-order valence-corrected chi connectivity index (χ1v) is 15.0. The van der Waals surface area contributed by atoms with Crippen LogP contribution in [-0.2, 0) is 16.1 Å². The lowest BCUT2D eigenvalue weighted by Crippen LogP contribution is -2.27. The molecule has 1 fully saturated rings. The molecular formula is C35H39FN4O4. The van der Waals surface area contributed by atoms with Crippen molar-refractivity contribution in [3.05, 3.63) is 89.9 Å². The van der Waals surface area contributed by atoms with E-state index in [-0.39, 0.29) is 29.6 Å². The summed E-state index contributed by atoms with van der Waals surface area (Å²) in [6.07, 6.45) is 4.32. The van der Waals surface area contributed by atoms with Crippen LogP contribution in [0.3, 0.4) is 0 Å². The predicted molar refractivity (Wildman–Crippen MR) is 172 cm³/mol. The normalized spacial score (nSPS) is 14.3. The molecule has 8 nitrogen and oxygen atoms in total. The van der Waals surface area contributed by atoms with Crippen molar-refractivity contribution >= 4 is 45.9 Å². The molecule has 1 aliphatic carbocycles. The lowest BCUT2D eigenvalue weighted by Gasteiger charge is -2.22. The fourth-order valence-electron chi connectivity index (χ4n) is 5.76. The van der Waals surface area contributed by atoms with Gasteiger partial charge >= 0.3 is 6.09 Å². The Hall–Kier alpha value is -4.66. The Morgan fingerprint density at radius 1 is 0.864 bits per heavy atom. The maximum atomic E-state index is 14.7. The van der Waals surface area contributed by atoms with Gasteiger partial charge in [0.15, 0.2) is 0 Å². The van der Waals surface area contributed by atoms with Gasteiger partial charge in [0.25, 0.3) is 5.91 Å². The number of anilines is 3. The van der Waals surface area contributed by atoms with E-state index >= 15 is 0 Å². The van der Waals surface area contributed by atoms with Gasteiger partial charge in [0, 0.05) is 39.9 Å². The maximum Gasteiger partial charge on any atom is 0.412 e. The minimum absolute atomic E-state index is 0.0258. The molecule has 230 valence electrons. The van der Waals surface area contributed by atoms with Gasteiger partial charge in [0.1, 0.15) is 17.1 Å². The van der Waals surface area contributed by atoms with Crippen molar-refractivity contribution in [2.24, 2.45) is 5.41 Å². The van der Waals surface area contributed by atoms with E-state index in [1.807, 2.05) is 18.2 Å². The molecular weight excluding hydrogens is 559 g/mol. The highest BCUT2D eigenvalue weighted by Crippen LogP contribution is 2.40. The van der Waals surface area contributed by atoms with Crippen LogP contribution < -0.4 is 16.0 Å². The first-order valence-electron chi connectivity index (χ1n) is 15.0. The molecule has 44 heavy (non-hydrogen) atoms. The second kappa shape index (κ2) is 12.5. The SMILES string of the molecule is CC1(CC(=O)Nc2ccc3c(c2)cc(C(=O)Nc2ccc(NC(=O)OC(C)(C)C)cc2)n3Cc2ccccc2F)CCCC1. The minimum atomic E-state index is -0.626. The topological polar surface area (TPSA) is 101 Å². The Labute approximate surface area is 257 Å². The lowest BCUT2D eigenvalue weighted by atomic mass is 9.85. The zero-order chi connectivity index (χ0) is 31.5. The molecule has 0 unspecified atom stereocenters. The number of nitrogens with one attached hydrogen (secondary N) is 3. The molecule has 9 heteroatoms. The molecule has 0 saturated heterocycles. The van der Waals surface area contributed by atoms with E-state index in [4.69, 9.17) is 4.74 Å². The Morgan fingerprint density at radius 2 is 1.50 bits per heavy atom. The molecule has 3 aromatic carbocycles. The summed E-state index contributed by atoms with van der Waals surface area (Å²) in [4.78, 5) is 38.6. The average Bonchev–Trinajstić information content (AvgIpc) is 3.53. The largest absolute Gasteiger partial charge is 0.444 e. The van der Waals surface area contributed by atoms with E-state index in [0.29, 0.717) is 34.7 Å². The van der Waals surface area contributed by atoms with E-state index < -0.39 is 11.7 Å². The van der Waals surface area contributed by atoms with Crippen molar-refractivity contribution in [2.45, 2.75) is 71.9 Å². The minimum Gasteiger partial charge on any atom is -0.444 e. The third kappa shape index (κ3) is 7.64. The molecule has 0 atom stereocenters. The lowest BCUT2D eigenvalue weighted by molar-refractivity contribution is -0.118. The summed E-state index contributed by atoms with van der Waals surface area (Å²) >= 11 is 0. The first kappa shape index (κ1) is 30.8. The summed E-state index contributed by atoms with van der Waals surface area (Å²) in [6.45, 7) is 7.66. The Morgan fingerprint density at radius 3 is 2.16 bits per heavy atom. The molecule has 3 amide bonds. The summed E-state index contributed by atoms with van der Waals surface area (Å²) in [5, 5.41) is 9.34. The number of carbonyl (C=O) groups excluding carboxylic acids is 3. The first-order chi connectivity index (χ1) is 20.9. The standard InChI is InChI=1S/C35H39FN4O4/c1-34(2,3)44-33(43)39-26-13-11-25(12-14-26)38-32(42)30-20-24-19-27(37-31(41)21-35(4)17-7-8-18-35)15-16-29(24)40(30)22-23-9-5-6-10-28(23)36/h5-6,9-16,19-20H,7-8,17-18,21-22H2,1-4H3,(H,37,41)(H,38,42)(H,39,43). The third-order valence-corrected chi connectivity index (χ3v) is 7.89. The van der Waals surface area contributed by atoms with Gasteiger partial charge < -0.3 is 19.9 Å². The zero-order valence-electron chi connectivity index (χ0n) is 25.6. The number of amides is 3. The van der Waals surface area contributed by atoms with E-state index in [1.165, 1.54) is 6.07 Å². The van der Waals surface area contributed by atoms with Crippen LogP contribution >= 0.6 is 0 Å². The quantitative estimate of drug-likeness (QED) is 0.190. The van der Waals surface area contributed by atoms with E-state index in [0.717, 1.165) is 36.6 Å². The summed E-state index contributed by atoms with van der Waals surface area (Å²) in [5.41, 5.74) is 2.60. The van der Waals surface area contributed by atoms with Crippen LogP contribution in [0.2, 0.25) is 0 Å². The molecule has 1 aromatic heterocycles. The van der Waals surface area contributed by atoms with Crippen molar-refractivity contribution in [1.29, 1.82) is 0 Å². The van der Waals surface area contributed by atoms with Gasteiger partial charge in [-0.2, -0.15) is 0 Å². The predicted octanol–water partition coefficient (Wildman–Crippen LogP) is 8.34. The summed E-state index contributed by atoms with van der Waals surface area (Å²) in [5.74, 6) is -0.773. The molecule has 0 aliphatic heterocycles. The molecule has 5 rings (SSSR count). The van der Waals surface area contributed by atoms with Crippen molar-refractivity contribution < 1.29 is 23.5 Å². The molecule has 4 aromatic rings. The van der Waals surface area contributed by atoms with Crippen LogP contribution in [0, 0.1) is 11.2 Å². The van der Waals surface area contributed by atoms with Crippen molar-refractivity contribution in [3.63, 3.8) is 0 Å². The zero-order valence-corrected chi connectivity index (χ0v) is 25.6. The van der Waals surface area contributed by atoms with Crippen LogP contribution in [0.5, 0.6) is 0 Å². The molecule has 1 aliphatic rings. The number of benzene rings is 3. The number of nitrogens with zero attached hydrogens (tertiary/aromatic N) is 1. The highest BCUT2D eigenvalue weighted by molar-refractivity contribution is 6.07. The summed E-state index contributed by atoms with van der Waals surface area (Å²) in [6, 6.07) is 20.4. The fraction of sp³-hybridized carbons (Fsp3) is 0.343. The number of halogens is 1. The molecule has 1 heterocycles. The van der Waals surface area contributed by atoms with E-state index in [2.05, 4.69) is 22.9 Å². The fourth-order valence-corrected chi connectivity index (χ4v) is 5.76. The number of carbonyl (C=O) groups is 3. The number of aromatic nitrogens is 1. The highest BCUT2D eigenvalue weighted by Gasteiger charge is 2.31. The second-order valence-electron chi connectivity index (χ2n) is 12.9. The monoisotopic (exact) mass is 598 g/mol. The maximum absolute atomic E-state index is 14.7. The summed E-state index contributed by atoms with van der Waals surface area (Å²) in [7, 11) is 0. The van der Waals surface area contributed by atoms with Crippen LogP contribution in [0.1, 0.15) is 75.9 Å². The van der Waals surface area contributed by atoms with Gasteiger partial charge in [-0.15, -0.1) is 0 Å². The number of hydrogen-bond acceptors (Lipinski definition) is 4. The van der Waals surface area contributed by atoms with Gasteiger partial charge in [0.2, 0.25) is 5.91 Å². The van der Waals surface area contributed by atoms with Crippen molar-refractivity contribution in [2.75, 3.05) is 16.0 Å². The number of rotatable bonds is 8. The molecule has 0 bridgehead atoms. The van der Waals surface area contributed by atoms with Crippen LogP contribution in [0.25, 0.3) is 10.9 Å². The van der Waals surface area contributed by atoms with Gasteiger partial charge in [-0.25, -0.2) is 9.18 Å². The average molecular weight is 599 g/mol. The van der Waals surface area contributed by atoms with Gasteiger partial charge in [-0.05, 0) is 93.6 Å². The van der Waals surface area contributed by atoms with Crippen LogP contribution in [0.4, 0.5) is 26.2 Å². The Bertz CT molecular complexity index is 1680. The van der Waals surface area contributed by atoms with Crippen molar-refractivity contribution in [1.82, 2.24) is 4.57 Å². The Balaban J connectivity index is 1.37. The molecule has 1 saturated carbocycles. The van der Waals surface area contributed by atoms with Gasteiger partial charge in [-0.3, -0.25) is 14.9 Å². The molecule has 0 spiro atoms. The van der Waals surface area contributed by atoms with Crippen LogP contribution in [0.15, 0.2) is 72.8 Å². The van der Waals surface area contributed by atoms with Crippen LogP contribution in [-0.4, -0.2) is 28.1 Å². The number of fused-ring (bicyclic) bond motifs is 1. The molecule has 3 N–H and O–H groups in total. The van der Waals surface area contributed by atoms with Gasteiger partial charge in [0.05, 0.1) is 6.54 Å². The third-order valence-electron chi connectivity index (χ3n) is 7.89. The van der Waals surface area contributed by atoms with Crippen molar-refractivity contribution in [3.8, 4) is 0 Å². The highest BCUT2D eigenvalue weighted by atomic mass is 19.1.